The van der Waals surface area contributed by atoms with Crippen molar-refractivity contribution in [3.05, 3.63) is 11.4 Å². The SMILES string of the molecule is O=C(NCCC[P+](O)(O)C=C1CCCCC1)OCCOC(=O)C1CCCCC1. The number of alkyl carbamates (subject to hydrolysis) is 1. The molecular formula is C20H35NO6P+. The Labute approximate surface area is 168 Å². The van der Waals surface area contributed by atoms with Gasteiger partial charge in [0.1, 0.15) is 25.2 Å². The topological polar surface area (TPSA) is 105 Å². The lowest BCUT2D eigenvalue weighted by molar-refractivity contribution is -0.150. The number of allylic oxidation sites excluding steroid dienone is 1. The smallest absolute Gasteiger partial charge is 0.407 e. The van der Waals surface area contributed by atoms with Gasteiger partial charge in [0.15, 0.2) is 0 Å². The summed E-state index contributed by atoms with van der Waals surface area (Å²) in [6, 6.07) is 0. The maximum Gasteiger partial charge on any atom is 0.407 e. The molecule has 0 aromatic rings. The van der Waals surface area contributed by atoms with E-state index in [1.807, 2.05) is 0 Å². The number of carbonyl (C=O) groups is 2. The molecule has 2 saturated carbocycles. The number of ether oxygens (including phenoxy) is 2. The van der Waals surface area contributed by atoms with Crippen molar-refractivity contribution in [2.75, 3.05) is 25.9 Å². The highest BCUT2D eigenvalue weighted by molar-refractivity contribution is 7.67. The van der Waals surface area contributed by atoms with Gasteiger partial charge in [-0.15, -0.1) is 0 Å². The fourth-order valence-corrected chi connectivity index (χ4v) is 5.37. The van der Waals surface area contributed by atoms with Crippen LogP contribution in [0.2, 0.25) is 0 Å². The molecule has 1 amide bonds. The fraction of sp³-hybridized carbons (Fsp3) is 0.800. The lowest BCUT2D eigenvalue weighted by Gasteiger charge is -2.19. The van der Waals surface area contributed by atoms with Gasteiger partial charge in [-0.05, 0) is 44.1 Å². The van der Waals surface area contributed by atoms with E-state index in [9.17, 15) is 19.4 Å². The fourth-order valence-electron chi connectivity index (χ4n) is 3.78. The molecule has 0 bridgehead atoms. The molecular weight excluding hydrogens is 381 g/mol. The Morgan fingerprint density at radius 1 is 1.00 bits per heavy atom. The maximum absolute atomic E-state index is 11.9. The molecule has 0 radical (unpaired) electrons. The molecule has 2 aliphatic carbocycles. The van der Waals surface area contributed by atoms with Crippen LogP contribution in [-0.4, -0.2) is 47.8 Å². The third-order valence-electron chi connectivity index (χ3n) is 5.32. The molecule has 0 spiro atoms. The van der Waals surface area contributed by atoms with Crippen LogP contribution in [0.1, 0.15) is 70.6 Å². The van der Waals surface area contributed by atoms with Gasteiger partial charge in [0.2, 0.25) is 0 Å². The molecule has 2 aliphatic rings. The predicted octanol–water partition coefficient (Wildman–Crippen LogP) is 3.91. The van der Waals surface area contributed by atoms with E-state index in [-0.39, 0.29) is 31.3 Å². The van der Waals surface area contributed by atoms with Crippen LogP contribution in [-0.2, 0) is 14.3 Å². The van der Waals surface area contributed by atoms with Gasteiger partial charge in [0.25, 0.3) is 7.72 Å². The summed E-state index contributed by atoms with van der Waals surface area (Å²) in [7, 11) is -3.03. The van der Waals surface area contributed by atoms with Gasteiger partial charge < -0.3 is 14.8 Å². The molecule has 0 heterocycles. The van der Waals surface area contributed by atoms with Crippen molar-refractivity contribution in [2.45, 2.75) is 70.6 Å². The Kier molecular flexibility index (Phi) is 10.2. The average molecular weight is 416 g/mol. The Balaban J connectivity index is 1.50. The number of hydrogen-bond donors (Lipinski definition) is 3. The van der Waals surface area contributed by atoms with E-state index in [0.29, 0.717) is 13.0 Å². The molecule has 0 saturated heterocycles. The quantitative estimate of drug-likeness (QED) is 0.299. The molecule has 8 heteroatoms. The minimum Gasteiger partial charge on any atom is -0.462 e. The third-order valence-corrected chi connectivity index (χ3v) is 7.07. The van der Waals surface area contributed by atoms with Crippen LogP contribution in [0.5, 0.6) is 0 Å². The summed E-state index contributed by atoms with van der Waals surface area (Å²) in [5.74, 6) is 1.47. The van der Waals surface area contributed by atoms with Crippen LogP contribution in [0.25, 0.3) is 0 Å². The van der Waals surface area contributed by atoms with E-state index in [1.165, 1.54) is 12.8 Å². The highest BCUT2D eigenvalue weighted by Crippen LogP contribution is 2.53. The highest BCUT2D eigenvalue weighted by atomic mass is 31.2. The van der Waals surface area contributed by atoms with E-state index < -0.39 is 13.8 Å². The summed E-state index contributed by atoms with van der Waals surface area (Å²) in [5, 5.41) is 2.58. The number of amides is 1. The average Bonchev–Trinajstić information content (AvgIpc) is 2.69. The predicted molar refractivity (Wildman–Crippen MR) is 109 cm³/mol. The number of nitrogens with one attached hydrogen (secondary N) is 1. The van der Waals surface area contributed by atoms with Crippen LogP contribution in [0.4, 0.5) is 4.79 Å². The molecule has 0 aliphatic heterocycles. The highest BCUT2D eigenvalue weighted by Gasteiger charge is 2.30. The van der Waals surface area contributed by atoms with Crippen LogP contribution < -0.4 is 5.32 Å². The minimum atomic E-state index is -3.03. The van der Waals surface area contributed by atoms with Crippen LogP contribution >= 0.6 is 7.72 Å². The van der Waals surface area contributed by atoms with Crippen molar-refractivity contribution in [1.82, 2.24) is 5.32 Å². The van der Waals surface area contributed by atoms with E-state index in [2.05, 4.69) is 5.32 Å². The number of carbonyl (C=O) groups excluding carboxylic acids is 2. The summed E-state index contributed by atoms with van der Waals surface area (Å²) in [6.07, 6.45) is 10.6. The van der Waals surface area contributed by atoms with Gasteiger partial charge in [-0.25, -0.2) is 14.6 Å². The maximum atomic E-state index is 11.9. The normalized spacial score (nSPS) is 18.4. The first kappa shape index (κ1) is 23.1. The van der Waals surface area contributed by atoms with Crippen LogP contribution in [0.15, 0.2) is 11.4 Å². The third kappa shape index (κ3) is 9.35. The monoisotopic (exact) mass is 416 g/mol. The van der Waals surface area contributed by atoms with Crippen molar-refractivity contribution < 1.29 is 28.8 Å². The summed E-state index contributed by atoms with van der Waals surface area (Å²) >= 11 is 0. The van der Waals surface area contributed by atoms with Gasteiger partial charge >= 0.3 is 12.1 Å². The van der Waals surface area contributed by atoms with Gasteiger partial charge in [-0.3, -0.25) is 4.79 Å². The standard InChI is InChI=1S/C20H34NO6P/c22-19(18-10-5-2-6-11-18)26-13-14-27-20(23)21-12-7-15-28(24,25)16-17-8-3-1-4-9-17/h16,18,24-25H,1-15H2/p+1. The first-order valence-corrected chi connectivity index (χ1v) is 12.5. The Bertz CT molecular complexity index is 523. The summed E-state index contributed by atoms with van der Waals surface area (Å²) in [5.41, 5.74) is 1.15. The van der Waals surface area contributed by atoms with E-state index >= 15 is 0 Å². The molecule has 7 nitrogen and oxygen atoms in total. The molecule has 0 unspecified atom stereocenters. The zero-order chi connectivity index (χ0) is 20.2. The van der Waals surface area contributed by atoms with Gasteiger partial charge in [-0.2, -0.15) is 0 Å². The molecule has 0 aromatic heterocycles. The van der Waals surface area contributed by atoms with Gasteiger partial charge in [0, 0.05) is 13.0 Å². The Morgan fingerprint density at radius 2 is 1.64 bits per heavy atom. The minimum absolute atomic E-state index is 0.00767. The van der Waals surface area contributed by atoms with E-state index in [1.54, 1.807) is 5.82 Å². The molecule has 3 N–H and O–H groups in total. The van der Waals surface area contributed by atoms with E-state index in [4.69, 9.17) is 9.47 Å². The van der Waals surface area contributed by atoms with Crippen molar-refractivity contribution in [3.63, 3.8) is 0 Å². The van der Waals surface area contributed by atoms with Crippen molar-refractivity contribution in [3.8, 4) is 0 Å². The van der Waals surface area contributed by atoms with Crippen LogP contribution in [0.3, 0.4) is 0 Å². The first-order valence-electron chi connectivity index (χ1n) is 10.6. The van der Waals surface area contributed by atoms with E-state index in [0.717, 1.165) is 56.9 Å². The number of rotatable bonds is 9. The van der Waals surface area contributed by atoms with Gasteiger partial charge in [0.05, 0.1) is 5.92 Å². The molecule has 160 valence electrons. The second-order valence-electron chi connectivity index (χ2n) is 7.78. The summed E-state index contributed by atoms with van der Waals surface area (Å²) < 4.78 is 10.1. The van der Waals surface area contributed by atoms with Crippen molar-refractivity contribution >= 4 is 19.8 Å². The molecule has 0 atom stereocenters. The molecule has 28 heavy (non-hydrogen) atoms. The second-order valence-corrected chi connectivity index (χ2v) is 10.1. The Morgan fingerprint density at radius 3 is 2.36 bits per heavy atom. The number of hydrogen-bond acceptors (Lipinski definition) is 6. The van der Waals surface area contributed by atoms with Gasteiger partial charge in [-0.1, -0.05) is 25.7 Å². The van der Waals surface area contributed by atoms with Crippen molar-refractivity contribution in [1.29, 1.82) is 0 Å². The zero-order valence-electron chi connectivity index (χ0n) is 16.7. The number of esters is 1. The van der Waals surface area contributed by atoms with Crippen LogP contribution in [0, 0.1) is 5.92 Å². The zero-order valence-corrected chi connectivity index (χ0v) is 17.6. The first-order chi connectivity index (χ1) is 13.5. The molecule has 2 fully saturated rings. The molecule has 0 aromatic carbocycles. The second kappa shape index (κ2) is 12.4. The summed E-state index contributed by atoms with van der Waals surface area (Å²) in [6.45, 7) is 0.401. The van der Waals surface area contributed by atoms with Crippen molar-refractivity contribution in [2.24, 2.45) is 5.92 Å². The lowest BCUT2D eigenvalue weighted by Crippen LogP contribution is -2.28. The molecule has 2 rings (SSSR count). The summed E-state index contributed by atoms with van der Waals surface area (Å²) in [4.78, 5) is 43.8. The Hall–Kier alpha value is -1.17. The lowest BCUT2D eigenvalue weighted by atomic mass is 9.89. The largest absolute Gasteiger partial charge is 0.462 e.